The predicted molar refractivity (Wildman–Crippen MR) is 103 cm³/mol. The van der Waals surface area contributed by atoms with E-state index in [0.29, 0.717) is 32.1 Å². The number of anilines is 1. The van der Waals surface area contributed by atoms with E-state index in [-0.39, 0.29) is 30.5 Å². The number of ether oxygens (including phenoxy) is 1. The molecule has 2 aromatic rings. The second-order valence-corrected chi connectivity index (χ2v) is 5.90. The van der Waals surface area contributed by atoms with Crippen molar-refractivity contribution in [1.29, 1.82) is 0 Å². The highest BCUT2D eigenvalue weighted by Gasteiger charge is 2.27. The van der Waals surface area contributed by atoms with E-state index in [1.165, 1.54) is 0 Å². The number of rotatable bonds is 6. The molecule has 3 rings (SSSR count). The fraction of sp³-hybridized carbons (Fsp3) is 0.389. The molecule has 140 valence electrons. The molecule has 1 amide bonds. The Kier molecular flexibility index (Phi) is 7.77. The van der Waals surface area contributed by atoms with Crippen molar-refractivity contribution in [3.8, 4) is 11.3 Å². The number of nitrogens with one attached hydrogen (secondary N) is 3. The lowest BCUT2D eigenvalue weighted by molar-refractivity contribution is -0.128. The average molecular weight is 378 g/mol. The Morgan fingerprint density at radius 2 is 2.00 bits per heavy atom. The first kappa shape index (κ1) is 20.1. The van der Waals surface area contributed by atoms with Crippen molar-refractivity contribution >= 4 is 24.1 Å². The molecule has 0 spiro atoms. The second-order valence-electron chi connectivity index (χ2n) is 5.90. The van der Waals surface area contributed by atoms with Crippen LogP contribution in [0.25, 0.3) is 11.3 Å². The Balaban J connectivity index is 0.00000243. The monoisotopic (exact) mass is 377 g/mol. The first-order chi connectivity index (χ1) is 12.2. The molecule has 8 heteroatoms. The van der Waals surface area contributed by atoms with Gasteiger partial charge in [0.2, 0.25) is 5.91 Å². The van der Waals surface area contributed by atoms with Gasteiger partial charge in [0.05, 0.1) is 18.4 Å². The minimum Gasteiger partial charge on any atom is -0.375 e. The zero-order valence-corrected chi connectivity index (χ0v) is 15.5. The van der Waals surface area contributed by atoms with Crippen LogP contribution in [0.1, 0.15) is 6.92 Å². The van der Waals surface area contributed by atoms with Crippen molar-refractivity contribution in [2.24, 2.45) is 0 Å². The highest BCUT2D eigenvalue weighted by Crippen LogP contribution is 2.16. The normalized spacial score (nSPS) is 19.3. The molecule has 1 aromatic carbocycles. The van der Waals surface area contributed by atoms with Crippen LogP contribution in [0.2, 0.25) is 0 Å². The van der Waals surface area contributed by atoms with Gasteiger partial charge >= 0.3 is 0 Å². The third-order valence-corrected chi connectivity index (χ3v) is 4.06. The number of aromatic nitrogens is 2. The quantitative estimate of drug-likeness (QED) is 0.661. The lowest BCUT2D eigenvalue weighted by atomic mass is 10.1. The van der Waals surface area contributed by atoms with E-state index in [4.69, 9.17) is 4.74 Å². The van der Waals surface area contributed by atoms with Crippen LogP contribution in [0.4, 0.5) is 5.82 Å². The fourth-order valence-electron chi connectivity index (χ4n) is 2.70. The predicted octanol–water partition coefficient (Wildman–Crippen LogP) is 1.47. The van der Waals surface area contributed by atoms with Gasteiger partial charge in [-0.3, -0.25) is 4.79 Å². The van der Waals surface area contributed by atoms with Gasteiger partial charge in [-0.25, -0.2) is 0 Å². The number of nitrogens with zero attached hydrogens (tertiary/aromatic N) is 2. The van der Waals surface area contributed by atoms with Crippen LogP contribution in [0.5, 0.6) is 0 Å². The average Bonchev–Trinajstić information content (AvgIpc) is 2.66. The second kappa shape index (κ2) is 10.1. The van der Waals surface area contributed by atoms with Gasteiger partial charge in [-0.05, 0) is 19.1 Å². The molecule has 1 aliphatic heterocycles. The van der Waals surface area contributed by atoms with Crippen molar-refractivity contribution < 1.29 is 9.53 Å². The van der Waals surface area contributed by atoms with Crippen molar-refractivity contribution in [2.45, 2.75) is 19.1 Å². The van der Waals surface area contributed by atoms with Crippen molar-refractivity contribution in [3.63, 3.8) is 0 Å². The Hall–Kier alpha value is -2.22. The zero-order chi connectivity index (χ0) is 17.5. The van der Waals surface area contributed by atoms with Crippen LogP contribution >= 0.6 is 12.4 Å². The molecule has 0 radical (unpaired) electrons. The molecule has 1 fully saturated rings. The van der Waals surface area contributed by atoms with Gasteiger partial charge in [-0.2, -0.15) is 0 Å². The van der Waals surface area contributed by atoms with Crippen LogP contribution in [-0.2, 0) is 9.53 Å². The SMILES string of the molecule is C[C@H]1OCCN[C@@H]1C(=O)NCCNc1ccc(-c2ccccc2)nn1.Cl. The number of hydrogen-bond donors (Lipinski definition) is 3. The van der Waals surface area contributed by atoms with E-state index in [1.54, 1.807) is 0 Å². The number of hydrogen-bond acceptors (Lipinski definition) is 6. The van der Waals surface area contributed by atoms with Gasteiger partial charge in [0.25, 0.3) is 0 Å². The maximum Gasteiger partial charge on any atom is 0.239 e. The molecule has 1 aromatic heterocycles. The summed E-state index contributed by atoms with van der Waals surface area (Å²) in [6.45, 7) is 4.33. The third-order valence-electron chi connectivity index (χ3n) is 4.06. The maximum atomic E-state index is 12.1. The van der Waals surface area contributed by atoms with E-state index in [1.807, 2.05) is 49.4 Å². The summed E-state index contributed by atoms with van der Waals surface area (Å²) in [7, 11) is 0. The van der Waals surface area contributed by atoms with Gasteiger partial charge in [0, 0.05) is 25.2 Å². The maximum absolute atomic E-state index is 12.1. The summed E-state index contributed by atoms with van der Waals surface area (Å²) in [6.07, 6.45) is -0.113. The highest BCUT2D eigenvalue weighted by molar-refractivity contribution is 5.85. The van der Waals surface area contributed by atoms with E-state index < -0.39 is 0 Å². The summed E-state index contributed by atoms with van der Waals surface area (Å²) in [6, 6.07) is 13.4. The largest absolute Gasteiger partial charge is 0.375 e. The van der Waals surface area contributed by atoms with Crippen LogP contribution in [0.15, 0.2) is 42.5 Å². The molecule has 7 nitrogen and oxygen atoms in total. The number of halogens is 1. The number of carbonyl (C=O) groups is 1. The van der Waals surface area contributed by atoms with Crippen molar-refractivity contribution in [1.82, 2.24) is 20.8 Å². The van der Waals surface area contributed by atoms with Gasteiger partial charge in [-0.1, -0.05) is 30.3 Å². The first-order valence-corrected chi connectivity index (χ1v) is 8.50. The van der Waals surface area contributed by atoms with Crippen molar-refractivity contribution in [3.05, 3.63) is 42.5 Å². The molecule has 0 saturated carbocycles. The Bertz CT molecular complexity index is 684. The molecular weight excluding hydrogens is 354 g/mol. The first-order valence-electron chi connectivity index (χ1n) is 8.50. The number of carbonyl (C=O) groups excluding carboxylic acids is 1. The highest BCUT2D eigenvalue weighted by atomic mass is 35.5. The van der Waals surface area contributed by atoms with E-state index >= 15 is 0 Å². The molecule has 1 saturated heterocycles. The van der Waals surface area contributed by atoms with Crippen LogP contribution in [-0.4, -0.2) is 54.5 Å². The number of amides is 1. The lowest BCUT2D eigenvalue weighted by Crippen LogP contribution is -2.55. The summed E-state index contributed by atoms with van der Waals surface area (Å²) in [5.74, 6) is 0.640. The molecule has 0 unspecified atom stereocenters. The molecule has 2 atom stereocenters. The molecule has 0 aliphatic carbocycles. The Labute approximate surface area is 159 Å². The molecule has 0 bridgehead atoms. The minimum absolute atomic E-state index is 0. The molecule has 2 heterocycles. The van der Waals surface area contributed by atoms with Gasteiger partial charge in [-0.15, -0.1) is 22.6 Å². The van der Waals surface area contributed by atoms with Crippen LogP contribution in [0, 0.1) is 0 Å². The lowest BCUT2D eigenvalue weighted by Gasteiger charge is -2.29. The topological polar surface area (TPSA) is 88.2 Å². The zero-order valence-electron chi connectivity index (χ0n) is 14.6. The van der Waals surface area contributed by atoms with Crippen LogP contribution in [0.3, 0.4) is 0 Å². The standard InChI is InChI=1S/C18H23N5O2.ClH/c1-13-17(20-11-12-25-13)18(24)21-10-9-19-16-8-7-15(22-23-16)14-5-3-2-4-6-14;/h2-8,13,17,20H,9-12H2,1H3,(H,19,23)(H,21,24);1H/t13-,17+;/m1./s1. The van der Waals surface area contributed by atoms with E-state index in [0.717, 1.165) is 11.3 Å². The molecule has 1 aliphatic rings. The van der Waals surface area contributed by atoms with Crippen LogP contribution < -0.4 is 16.0 Å². The summed E-state index contributed by atoms with van der Waals surface area (Å²) >= 11 is 0. The van der Waals surface area contributed by atoms with E-state index in [9.17, 15) is 4.79 Å². The summed E-state index contributed by atoms with van der Waals surface area (Å²) < 4.78 is 5.48. The Morgan fingerprint density at radius 1 is 1.19 bits per heavy atom. The van der Waals surface area contributed by atoms with Gasteiger partial charge < -0.3 is 20.7 Å². The molecule has 26 heavy (non-hydrogen) atoms. The van der Waals surface area contributed by atoms with Gasteiger partial charge in [0.1, 0.15) is 11.9 Å². The number of benzene rings is 1. The summed E-state index contributed by atoms with van der Waals surface area (Å²) in [5.41, 5.74) is 1.86. The fourth-order valence-corrected chi connectivity index (χ4v) is 2.70. The van der Waals surface area contributed by atoms with Crippen molar-refractivity contribution in [2.75, 3.05) is 31.6 Å². The molecular formula is C18H24ClN5O2. The summed E-state index contributed by atoms with van der Waals surface area (Å²) in [4.78, 5) is 12.1. The molecule has 3 N–H and O–H groups in total. The smallest absolute Gasteiger partial charge is 0.239 e. The van der Waals surface area contributed by atoms with E-state index in [2.05, 4.69) is 26.1 Å². The summed E-state index contributed by atoms with van der Waals surface area (Å²) in [5, 5.41) is 17.6. The third kappa shape index (κ3) is 5.39. The number of morpholine rings is 1. The van der Waals surface area contributed by atoms with Gasteiger partial charge in [0.15, 0.2) is 0 Å². The Morgan fingerprint density at radius 3 is 2.69 bits per heavy atom. The minimum atomic E-state index is -0.293.